The molecule has 1 aliphatic heterocycles. The van der Waals surface area contributed by atoms with Crippen molar-refractivity contribution in [1.82, 2.24) is 10.3 Å². The van der Waals surface area contributed by atoms with E-state index in [9.17, 15) is 19.5 Å². The number of nitrogens with one attached hydrogen (secondary N) is 1. The van der Waals surface area contributed by atoms with Crippen molar-refractivity contribution >= 4 is 24.0 Å². The number of ketones is 1. The van der Waals surface area contributed by atoms with Gasteiger partial charge in [0.05, 0.1) is 18.9 Å². The van der Waals surface area contributed by atoms with Crippen molar-refractivity contribution < 1.29 is 24.2 Å². The van der Waals surface area contributed by atoms with Crippen molar-refractivity contribution in [1.29, 1.82) is 0 Å². The van der Waals surface area contributed by atoms with Crippen molar-refractivity contribution in [3.05, 3.63) is 35.4 Å². The van der Waals surface area contributed by atoms with Crippen LogP contribution in [0, 0.1) is 5.92 Å². The molecule has 0 radical (unpaired) electrons. The number of piperidine rings is 1. The predicted molar refractivity (Wildman–Crippen MR) is 104 cm³/mol. The van der Waals surface area contributed by atoms with Crippen LogP contribution in [0.25, 0.3) is 0 Å². The molecule has 1 aliphatic rings. The first kappa shape index (κ1) is 21.6. The van der Waals surface area contributed by atoms with Gasteiger partial charge in [0.15, 0.2) is 5.78 Å². The average molecular weight is 389 g/mol. The number of carbonyl (C=O) groups excluding carboxylic acids is 3. The lowest BCUT2D eigenvalue weighted by Crippen LogP contribution is -2.42. The van der Waals surface area contributed by atoms with Crippen LogP contribution in [-0.4, -0.2) is 59.8 Å². The van der Waals surface area contributed by atoms with E-state index in [4.69, 9.17) is 0 Å². The first-order valence-electron chi connectivity index (χ1n) is 9.46. The maximum Gasteiger partial charge on any atom is 0.427 e. The molecule has 0 aliphatic carbocycles. The van der Waals surface area contributed by atoms with Gasteiger partial charge in [-0.2, -0.15) is 5.10 Å². The van der Waals surface area contributed by atoms with Gasteiger partial charge in [-0.25, -0.2) is 10.2 Å². The van der Waals surface area contributed by atoms with Crippen LogP contribution in [0.3, 0.4) is 0 Å². The number of aliphatic hydroxyl groups excluding tert-OH is 1. The Morgan fingerprint density at radius 2 is 1.93 bits per heavy atom. The number of Topliss-reactive ketones (excluding diaryl/α,β-unsaturated/α-hetero) is 1. The van der Waals surface area contributed by atoms with E-state index < -0.39 is 12.0 Å². The molecule has 0 aromatic heterocycles. The third kappa shape index (κ3) is 6.45. The molecule has 152 valence electrons. The second kappa shape index (κ2) is 10.6. The van der Waals surface area contributed by atoms with Gasteiger partial charge >= 0.3 is 6.09 Å². The number of ether oxygens (including phenoxy) is 1. The molecule has 0 bridgehead atoms. The summed E-state index contributed by atoms with van der Waals surface area (Å²) in [6.45, 7) is 4.79. The zero-order chi connectivity index (χ0) is 20.5. The van der Waals surface area contributed by atoms with Gasteiger partial charge in [0, 0.05) is 31.0 Å². The summed E-state index contributed by atoms with van der Waals surface area (Å²) in [7, 11) is 0. The Kier molecular flexibility index (Phi) is 8.13. The Morgan fingerprint density at radius 3 is 2.54 bits per heavy atom. The van der Waals surface area contributed by atoms with E-state index in [1.165, 1.54) is 6.21 Å². The minimum atomic E-state index is -0.632. The number of carbonyl (C=O) groups is 3. The Morgan fingerprint density at radius 1 is 1.29 bits per heavy atom. The van der Waals surface area contributed by atoms with E-state index in [1.54, 1.807) is 43.0 Å². The first-order valence-corrected chi connectivity index (χ1v) is 9.46. The topological polar surface area (TPSA) is 108 Å². The molecule has 1 aromatic rings. The number of hydrazone groups is 1. The molecule has 0 spiro atoms. The number of likely N-dealkylation sites (tertiary alicyclic amines) is 1. The summed E-state index contributed by atoms with van der Waals surface area (Å²) < 4.78 is 4.68. The van der Waals surface area contributed by atoms with Crippen LogP contribution in [-0.2, 0) is 9.53 Å². The summed E-state index contributed by atoms with van der Waals surface area (Å²) in [6.07, 6.45) is 1.78. The van der Waals surface area contributed by atoms with Crippen molar-refractivity contribution in [3.63, 3.8) is 0 Å². The fourth-order valence-electron chi connectivity index (χ4n) is 2.96. The second-order valence-corrected chi connectivity index (χ2v) is 6.80. The maximum atomic E-state index is 12.5. The van der Waals surface area contributed by atoms with Crippen molar-refractivity contribution in [2.45, 2.75) is 39.2 Å². The first-order chi connectivity index (χ1) is 13.4. The number of nitrogens with zero attached hydrogens (tertiary/aromatic N) is 2. The lowest BCUT2D eigenvalue weighted by molar-refractivity contribution is -0.136. The van der Waals surface area contributed by atoms with Crippen LogP contribution >= 0.6 is 0 Å². The van der Waals surface area contributed by atoms with E-state index in [-0.39, 0.29) is 30.8 Å². The summed E-state index contributed by atoms with van der Waals surface area (Å²) in [5.74, 6) is -0.558. The molecular formula is C20H27N3O5. The van der Waals surface area contributed by atoms with E-state index in [0.29, 0.717) is 37.1 Å². The van der Waals surface area contributed by atoms with Crippen LogP contribution in [0.1, 0.15) is 49.0 Å². The molecule has 8 nitrogen and oxygen atoms in total. The van der Waals surface area contributed by atoms with Crippen LogP contribution in [0.4, 0.5) is 4.79 Å². The quantitative estimate of drug-likeness (QED) is 0.421. The van der Waals surface area contributed by atoms with Gasteiger partial charge in [0.25, 0.3) is 0 Å². The van der Waals surface area contributed by atoms with Gasteiger partial charge in [-0.3, -0.25) is 9.59 Å². The van der Waals surface area contributed by atoms with Gasteiger partial charge < -0.3 is 14.7 Å². The number of amides is 2. The normalized spacial score (nSPS) is 16.0. The minimum Gasteiger partial charge on any atom is -0.449 e. The number of aliphatic hydroxyl groups is 1. The highest BCUT2D eigenvalue weighted by molar-refractivity contribution is 5.99. The number of rotatable bonds is 7. The molecular weight excluding hydrogens is 362 g/mol. The second-order valence-electron chi connectivity index (χ2n) is 6.80. The molecule has 1 fully saturated rings. The van der Waals surface area contributed by atoms with E-state index >= 15 is 0 Å². The van der Waals surface area contributed by atoms with Crippen molar-refractivity contribution in [3.8, 4) is 0 Å². The molecule has 1 atom stereocenters. The summed E-state index contributed by atoms with van der Waals surface area (Å²) in [4.78, 5) is 37.8. The zero-order valence-electron chi connectivity index (χ0n) is 16.3. The molecule has 1 aromatic carbocycles. The van der Waals surface area contributed by atoms with Crippen molar-refractivity contribution in [2.75, 3.05) is 19.7 Å². The van der Waals surface area contributed by atoms with Gasteiger partial charge in [-0.05, 0) is 25.3 Å². The molecule has 2 N–H and O–H groups in total. The SMILES string of the molecule is CCOC(=O)NN=Cc1ccc(C(=O)CC(C)C(=O)N2CCC(O)CC2)cc1. The third-order valence-corrected chi connectivity index (χ3v) is 4.57. The largest absolute Gasteiger partial charge is 0.449 e. The minimum absolute atomic E-state index is 0.0472. The Bertz CT molecular complexity index is 709. The average Bonchev–Trinajstić information content (AvgIpc) is 2.68. The molecule has 0 saturated carbocycles. The molecule has 1 heterocycles. The summed E-state index contributed by atoms with van der Waals surface area (Å²) >= 11 is 0. The molecule has 28 heavy (non-hydrogen) atoms. The predicted octanol–water partition coefficient (Wildman–Crippen LogP) is 1.96. The fourth-order valence-corrected chi connectivity index (χ4v) is 2.96. The monoisotopic (exact) mass is 389 g/mol. The summed E-state index contributed by atoms with van der Waals surface area (Å²) in [5.41, 5.74) is 3.46. The van der Waals surface area contributed by atoms with Gasteiger partial charge in [0.2, 0.25) is 5.91 Å². The number of hydrogen-bond donors (Lipinski definition) is 2. The molecule has 2 amide bonds. The van der Waals surface area contributed by atoms with Crippen LogP contribution < -0.4 is 5.43 Å². The van der Waals surface area contributed by atoms with Crippen molar-refractivity contribution in [2.24, 2.45) is 11.0 Å². The fraction of sp³-hybridized carbons (Fsp3) is 0.500. The standard InChI is InChI=1S/C20H27N3O5/c1-3-28-20(27)22-21-13-15-4-6-16(7-5-15)18(25)12-14(2)19(26)23-10-8-17(24)9-11-23/h4-7,13-14,17,24H,3,8-12H2,1-2H3,(H,22,27). The summed E-state index contributed by atoms with van der Waals surface area (Å²) in [5, 5.41) is 13.3. The lowest BCUT2D eigenvalue weighted by atomic mass is 9.97. The highest BCUT2D eigenvalue weighted by Crippen LogP contribution is 2.17. The lowest BCUT2D eigenvalue weighted by Gasteiger charge is -2.31. The van der Waals surface area contributed by atoms with Crippen LogP contribution in [0.5, 0.6) is 0 Å². The van der Waals surface area contributed by atoms with Crippen LogP contribution in [0.2, 0.25) is 0 Å². The van der Waals surface area contributed by atoms with Crippen LogP contribution in [0.15, 0.2) is 29.4 Å². The third-order valence-electron chi connectivity index (χ3n) is 4.57. The Labute approximate surface area is 164 Å². The molecule has 8 heteroatoms. The van der Waals surface area contributed by atoms with E-state index in [1.807, 2.05) is 0 Å². The summed E-state index contributed by atoms with van der Waals surface area (Å²) in [6, 6.07) is 6.76. The van der Waals surface area contributed by atoms with Gasteiger partial charge in [-0.1, -0.05) is 31.2 Å². The van der Waals surface area contributed by atoms with Gasteiger partial charge in [-0.15, -0.1) is 0 Å². The number of hydrogen-bond acceptors (Lipinski definition) is 6. The Hall–Kier alpha value is -2.74. The van der Waals surface area contributed by atoms with E-state index in [0.717, 1.165) is 0 Å². The maximum absolute atomic E-state index is 12.5. The molecule has 1 saturated heterocycles. The molecule has 1 unspecified atom stereocenters. The zero-order valence-corrected chi connectivity index (χ0v) is 16.3. The Balaban J connectivity index is 1.85. The van der Waals surface area contributed by atoms with E-state index in [2.05, 4.69) is 15.3 Å². The highest BCUT2D eigenvalue weighted by Gasteiger charge is 2.26. The smallest absolute Gasteiger partial charge is 0.427 e. The highest BCUT2D eigenvalue weighted by atomic mass is 16.5. The molecule has 2 rings (SSSR count). The van der Waals surface area contributed by atoms with Gasteiger partial charge in [0.1, 0.15) is 0 Å². The number of benzene rings is 1.